The zero-order chi connectivity index (χ0) is 19.2. The van der Waals surface area contributed by atoms with Gasteiger partial charge >= 0.3 is 0 Å². The second-order valence-corrected chi connectivity index (χ2v) is 7.28. The molecule has 0 fully saturated rings. The van der Waals surface area contributed by atoms with Gasteiger partial charge in [0.1, 0.15) is 16.6 Å². The molecule has 0 aliphatic carbocycles. The Labute approximate surface area is 162 Å². The Bertz CT molecular complexity index is 939. The lowest BCUT2D eigenvalue weighted by atomic mass is 10.2. The number of thiazole rings is 1. The van der Waals surface area contributed by atoms with Crippen molar-refractivity contribution in [2.75, 3.05) is 13.2 Å². The van der Waals surface area contributed by atoms with Gasteiger partial charge in [-0.3, -0.25) is 4.79 Å². The molecule has 3 aromatic rings. The van der Waals surface area contributed by atoms with E-state index >= 15 is 0 Å². The van der Waals surface area contributed by atoms with Crippen molar-refractivity contribution in [2.45, 2.75) is 20.3 Å². The highest BCUT2D eigenvalue weighted by Crippen LogP contribution is 2.28. The normalized spacial score (nSPS) is 10.6. The van der Waals surface area contributed by atoms with Crippen LogP contribution in [0.4, 0.5) is 4.39 Å². The number of hydrogen-bond acceptors (Lipinski definition) is 4. The molecule has 1 aromatic heterocycles. The van der Waals surface area contributed by atoms with Crippen LogP contribution in [0.5, 0.6) is 5.75 Å². The molecule has 0 saturated heterocycles. The van der Waals surface area contributed by atoms with Crippen molar-refractivity contribution in [1.82, 2.24) is 10.3 Å². The molecule has 140 valence electrons. The highest BCUT2D eigenvalue weighted by Gasteiger charge is 2.11. The monoisotopic (exact) mass is 384 g/mol. The molecule has 0 saturated carbocycles. The third-order valence-electron chi connectivity index (χ3n) is 4.09. The topological polar surface area (TPSA) is 51.2 Å². The first-order chi connectivity index (χ1) is 13.0. The smallest absolute Gasteiger partial charge is 0.257 e. The van der Waals surface area contributed by atoms with Crippen molar-refractivity contribution in [3.05, 3.63) is 70.5 Å². The van der Waals surface area contributed by atoms with Crippen LogP contribution >= 0.6 is 11.3 Å². The number of amides is 1. The molecule has 0 radical (unpaired) electrons. The average Bonchev–Trinajstić information content (AvgIpc) is 3.02. The average molecular weight is 384 g/mol. The number of ether oxygens (including phenoxy) is 1. The first kappa shape index (κ1) is 19.0. The number of aromatic nitrogens is 1. The molecule has 1 heterocycles. The maximum absolute atomic E-state index is 13.4. The van der Waals surface area contributed by atoms with Crippen LogP contribution in [0, 0.1) is 19.7 Å². The summed E-state index contributed by atoms with van der Waals surface area (Å²) in [6.07, 6.45) is 0.676. The van der Waals surface area contributed by atoms with Gasteiger partial charge in [-0.25, -0.2) is 9.37 Å². The van der Waals surface area contributed by atoms with Crippen molar-refractivity contribution in [1.29, 1.82) is 0 Å². The minimum atomic E-state index is -0.275. The number of benzene rings is 2. The van der Waals surface area contributed by atoms with Crippen LogP contribution in [0.1, 0.15) is 16.1 Å². The lowest BCUT2D eigenvalue weighted by Gasteiger charge is -2.09. The lowest BCUT2D eigenvalue weighted by Crippen LogP contribution is -2.30. The second kappa shape index (κ2) is 8.77. The van der Waals surface area contributed by atoms with Gasteiger partial charge in [-0.05, 0) is 37.6 Å². The number of carbonyl (C=O) groups is 1. The Hall–Kier alpha value is -2.73. The Morgan fingerprint density at radius 3 is 2.78 bits per heavy atom. The van der Waals surface area contributed by atoms with Gasteiger partial charge in [0.05, 0.1) is 5.69 Å². The fourth-order valence-electron chi connectivity index (χ4n) is 2.63. The summed E-state index contributed by atoms with van der Waals surface area (Å²) in [4.78, 5) is 17.6. The molecule has 6 heteroatoms. The summed E-state index contributed by atoms with van der Waals surface area (Å²) < 4.78 is 18.9. The van der Waals surface area contributed by atoms with Gasteiger partial charge in [-0.2, -0.15) is 0 Å². The van der Waals surface area contributed by atoms with Crippen molar-refractivity contribution in [3.63, 3.8) is 0 Å². The fraction of sp³-hybridized carbons (Fsp3) is 0.238. The SMILES string of the molecule is Cc1ccccc1OCC(=O)NCCc1sc(-c2cccc(F)c2)nc1C. The van der Waals surface area contributed by atoms with Gasteiger partial charge in [0.2, 0.25) is 0 Å². The van der Waals surface area contributed by atoms with Gasteiger partial charge < -0.3 is 10.1 Å². The Morgan fingerprint density at radius 1 is 1.19 bits per heavy atom. The third-order valence-corrected chi connectivity index (χ3v) is 5.36. The first-order valence-electron chi connectivity index (χ1n) is 8.70. The van der Waals surface area contributed by atoms with Crippen LogP contribution in [0.25, 0.3) is 10.6 Å². The fourth-order valence-corrected chi connectivity index (χ4v) is 3.69. The Morgan fingerprint density at radius 2 is 2.00 bits per heavy atom. The largest absolute Gasteiger partial charge is 0.484 e. The number of hydrogen-bond donors (Lipinski definition) is 1. The summed E-state index contributed by atoms with van der Waals surface area (Å²) in [6, 6.07) is 14.0. The van der Waals surface area contributed by atoms with Crippen molar-refractivity contribution >= 4 is 17.2 Å². The molecule has 0 aliphatic rings. The molecule has 3 rings (SSSR count). The van der Waals surface area contributed by atoms with E-state index in [4.69, 9.17) is 4.74 Å². The minimum absolute atomic E-state index is 0.0128. The van der Waals surface area contributed by atoms with E-state index in [-0.39, 0.29) is 18.3 Å². The predicted molar refractivity (Wildman–Crippen MR) is 106 cm³/mol. The minimum Gasteiger partial charge on any atom is -0.484 e. The summed E-state index contributed by atoms with van der Waals surface area (Å²) >= 11 is 1.52. The zero-order valence-corrected chi connectivity index (χ0v) is 16.1. The maximum atomic E-state index is 13.4. The summed E-state index contributed by atoms with van der Waals surface area (Å²) in [5.41, 5.74) is 2.67. The number of halogens is 1. The number of nitrogens with one attached hydrogen (secondary N) is 1. The summed E-state index contributed by atoms with van der Waals surface area (Å²) in [7, 11) is 0. The number of para-hydroxylation sites is 1. The van der Waals surface area contributed by atoms with Crippen LogP contribution in [-0.4, -0.2) is 24.0 Å². The van der Waals surface area contributed by atoms with E-state index in [0.29, 0.717) is 18.7 Å². The van der Waals surface area contributed by atoms with Gasteiger partial charge in [0.15, 0.2) is 6.61 Å². The predicted octanol–water partition coefficient (Wildman–Crippen LogP) is 4.30. The van der Waals surface area contributed by atoms with Crippen LogP contribution in [-0.2, 0) is 11.2 Å². The van der Waals surface area contributed by atoms with E-state index in [2.05, 4.69) is 10.3 Å². The van der Waals surface area contributed by atoms with E-state index in [1.807, 2.05) is 44.2 Å². The van der Waals surface area contributed by atoms with Gasteiger partial charge in [-0.1, -0.05) is 30.3 Å². The third kappa shape index (κ3) is 5.14. The molecule has 0 spiro atoms. The van der Waals surface area contributed by atoms with E-state index in [1.165, 1.54) is 23.5 Å². The molecule has 0 aliphatic heterocycles. The zero-order valence-electron chi connectivity index (χ0n) is 15.3. The molecule has 27 heavy (non-hydrogen) atoms. The molecular formula is C21H21FN2O2S. The van der Waals surface area contributed by atoms with Crippen molar-refractivity contribution < 1.29 is 13.9 Å². The molecule has 1 N–H and O–H groups in total. The van der Waals surface area contributed by atoms with Gasteiger partial charge in [-0.15, -0.1) is 11.3 Å². The van der Waals surface area contributed by atoms with Crippen molar-refractivity contribution in [2.24, 2.45) is 0 Å². The molecule has 2 aromatic carbocycles. The van der Waals surface area contributed by atoms with Gasteiger partial charge in [0.25, 0.3) is 5.91 Å². The Kier molecular flexibility index (Phi) is 6.19. The lowest BCUT2D eigenvalue weighted by molar-refractivity contribution is -0.123. The summed E-state index contributed by atoms with van der Waals surface area (Å²) in [5.74, 6) is 0.277. The molecule has 0 atom stereocenters. The molecule has 1 amide bonds. The van der Waals surface area contributed by atoms with Crippen LogP contribution in [0.2, 0.25) is 0 Å². The summed E-state index contributed by atoms with van der Waals surface area (Å²) in [6.45, 7) is 4.36. The van der Waals surface area contributed by atoms with E-state index in [9.17, 15) is 9.18 Å². The molecular weight excluding hydrogens is 363 g/mol. The van der Waals surface area contributed by atoms with E-state index in [1.54, 1.807) is 6.07 Å². The second-order valence-electron chi connectivity index (χ2n) is 6.19. The number of aryl methyl sites for hydroxylation is 2. The summed E-state index contributed by atoms with van der Waals surface area (Å²) in [5, 5.41) is 3.65. The molecule has 0 unspecified atom stereocenters. The number of rotatable bonds is 7. The Balaban J connectivity index is 1.50. The standard InChI is InChI=1S/C21H21FN2O2S/c1-14-6-3-4-9-18(14)26-13-20(25)23-11-10-19-15(2)24-21(27-19)16-7-5-8-17(22)12-16/h3-9,12H,10-11,13H2,1-2H3,(H,23,25). The number of carbonyl (C=O) groups excluding carboxylic acids is 1. The molecule has 4 nitrogen and oxygen atoms in total. The highest BCUT2D eigenvalue weighted by atomic mass is 32.1. The quantitative estimate of drug-likeness (QED) is 0.661. The van der Waals surface area contributed by atoms with E-state index in [0.717, 1.165) is 26.7 Å². The maximum Gasteiger partial charge on any atom is 0.257 e. The van der Waals surface area contributed by atoms with Gasteiger partial charge in [0, 0.05) is 23.4 Å². The molecule has 0 bridgehead atoms. The first-order valence-corrected chi connectivity index (χ1v) is 9.52. The van der Waals surface area contributed by atoms with Crippen LogP contribution in [0.15, 0.2) is 48.5 Å². The van der Waals surface area contributed by atoms with Crippen molar-refractivity contribution in [3.8, 4) is 16.3 Å². The van der Waals surface area contributed by atoms with E-state index < -0.39 is 0 Å². The number of nitrogens with zero attached hydrogens (tertiary/aromatic N) is 1. The van der Waals surface area contributed by atoms with Crippen LogP contribution in [0.3, 0.4) is 0 Å². The van der Waals surface area contributed by atoms with Crippen LogP contribution < -0.4 is 10.1 Å². The highest BCUT2D eigenvalue weighted by molar-refractivity contribution is 7.15.